The van der Waals surface area contributed by atoms with Gasteiger partial charge in [-0.1, -0.05) is 0 Å². The molecule has 2 N–H and O–H groups in total. The van der Waals surface area contributed by atoms with Crippen molar-refractivity contribution >= 4 is 32.9 Å². The van der Waals surface area contributed by atoms with Gasteiger partial charge in [0.15, 0.2) is 9.84 Å². The molecule has 0 fully saturated rings. The Labute approximate surface area is 175 Å². The summed E-state index contributed by atoms with van der Waals surface area (Å²) in [6, 6.07) is 8.19. The minimum Gasteiger partial charge on any atom is -0.497 e. The smallest absolute Gasteiger partial charge is 0.222 e. The Morgan fingerprint density at radius 2 is 2.00 bits per heavy atom. The van der Waals surface area contributed by atoms with E-state index in [-0.39, 0.29) is 10.8 Å². The molecule has 10 heteroatoms. The number of hydrogen-bond donors (Lipinski definition) is 2. The minimum atomic E-state index is -3.44. The molecular weight excluding hydrogens is 406 g/mol. The fourth-order valence-corrected chi connectivity index (χ4v) is 3.50. The molecule has 0 aliphatic rings. The number of hydrogen-bond acceptors (Lipinski definition) is 7. The van der Waals surface area contributed by atoms with E-state index >= 15 is 0 Å². The van der Waals surface area contributed by atoms with Gasteiger partial charge >= 0.3 is 0 Å². The highest BCUT2D eigenvalue weighted by atomic mass is 32.2. The van der Waals surface area contributed by atoms with Crippen LogP contribution in [0.3, 0.4) is 0 Å². The van der Waals surface area contributed by atoms with Gasteiger partial charge in [0.25, 0.3) is 0 Å². The number of amides is 1. The van der Waals surface area contributed by atoms with Crippen molar-refractivity contribution in [3.8, 4) is 17.0 Å². The maximum atomic E-state index is 12.1. The van der Waals surface area contributed by atoms with E-state index in [9.17, 15) is 13.2 Å². The predicted octanol–water partition coefficient (Wildman–Crippen LogP) is 3.08. The van der Waals surface area contributed by atoms with Crippen LogP contribution in [-0.4, -0.2) is 42.5 Å². The van der Waals surface area contributed by atoms with Crippen molar-refractivity contribution in [1.29, 1.82) is 0 Å². The van der Waals surface area contributed by atoms with Crippen molar-refractivity contribution in [3.05, 3.63) is 42.7 Å². The van der Waals surface area contributed by atoms with Crippen LogP contribution >= 0.6 is 0 Å². The average molecular weight is 430 g/mol. The fourth-order valence-electron chi connectivity index (χ4n) is 2.82. The molecule has 3 aromatic rings. The van der Waals surface area contributed by atoms with Gasteiger partial charge in [0.1, 0.15) is 11.6 Å². The number of nitrogens with one attached hydrogen (secondary N) is 2. The summed E-state index contributed by atoms with van der Waals surface area (Å²) in [5.41, 5.74) is 2.49. The number of pyridine rings is 1. The minimum absolute atomic E-state index is 0.123. The van der Waals surface area contributed by atoms with Crippen LogP contribution in [0.4, 0.5) is 17.2 Å². The van der Waals surface area contributed by atoms with Crippen LogP contribution in [0, 0.1) is 0 Å². The summed E-state index contributed by atoms with van der Waals surface area (Å²) >= 11 is 0. The molecule has 0 atom stereocenters. The predicted molar refractivity (Wildman–Crippen MR) is 115 cm³/mol. The van der Waals surface area contributed by atoms with Gasteiger partial charge in [0, 0.05) is 55.5 Å². The van der Waals surface area contributed by atoms with E-state index in [2.05, 4.69) is 20.7 Å². The molecule has 0 aliphatic carbocycles. The van der Waals surface area contributed by atoms with Crippen LogP contribution in [0.2, 0.25) is 0 Å². The van der Waals surface area contributed by atoms with Crippen molar-refractivity contribution in [2.24, 2.45) is 0 Å². The summed E-state index contributed by atoms with van der Waals surface area (Å²) in [6.45, 7) is 4.09. The SMILES string of the molecule is CCn1ccc(-c2cnc(NC(C)=O)cc2Nc2cc(OC)cc(S(C)(=O)=O)c2)n1. The van der Waals surface area contributed by atoms with Crippen molar-refractivity contribution < 1.29 is 17.9 Å². The standard InChI is InChI=1S/C20H23N5O4S/c1-5-25-7-6-18(24-25)17-12-21-20(22-13(2)26)11-19(17)23-14-8-15(29-3)10-16(9-14)30(4,27)28/h6-12H,5H2,1-4H3,(H2,21,22,23,26). The highest BCUT2D eigenvalue weighted by Gasteiger charge is 2.15. The summed E-state index contributed by atoms with van der Waals surface area (Å²) in [5, 5.41) is 10.4. The highest BCUT2D eigenvalue weighted by molar-refractivity contribution is 7.90. The average Bonchev–Trinajstić information content (AvgIpc) is 3.15. The van der Waals surface area contributed by atoms with E-state index in [1.54, 1.807) is 23.0 Å². The van der Waals surface area contributed by atoms with Crippen LogP contribution in [0.25, 0.3) is 11.3 Å². The number of sulfone groups is 1. The van der Waals surface area contributed by atoms with Gasteiger partial charge in [-0.3, -0.25) is 9.48 Å². The highest BCUT2D eigenvalue weighted by Crippen LogP contribution is 2.33. The van der Waals surface area contributed by atoms with Crippen molar-refractivity contribution in [3.63, 3.8) is 0 Å². The lowest BCUT2D eigenvalue weighted by Gasteiger charge is -2.14. The summed E-state index contributed by atoms with van der Waals surface area (Å²) in [4.78, 5) is 15.9. The Hall–Kier alpha value is -3.40. The Kier molecular flexibility index (Phi) is 6.06. The zero-order valence-corrected chi connectivity index (χ0v) is 17.9. The van der Waals surface area contributed by atoms with Crippen LogP contribution in [0.5, 0.6) is 5.75 Å². The van der Waals surface area contributed by atoms with Crippen molar-refractivity contribution in [2.75, 3.05) is 24.0 Å². The molecule has 0 unspecified atom stereocenters. The number of aryl methyl sites for hydroxylation is 1. The van der Waals surface area contributed by atoms with Crippen LogP contribution in [0.1, 0.15) is 13.8 Å². The van der Waals surface area contributed by atoms with E-state index in [0.29, 0.717) is 40.7 Å². The molecule has 30 heavy (non-hydrogen) atoms. The van der Waals surface area contributed by atoms with E-state index in [1.807, 2.05) is 19.2 Å². The second-order valence-corrected chi connectivity index (χ2v) is 8.66. The Morgan fingerprint density at radius 3 is 2.60 bits per heavy atom. The van der Waals surface area contributed by atoms with Gasteiger partial charge in [0.2, 0.25) is 5.91 Å². The Balaban J connectivity index is 2.10. The maximum Gasteiger partial charge on any atom is 0.222 e. The Bertz CT molecular complexity index is 1190. The number of rotatable bonds is 7. The number of aromatic nitrogens is 3. The largest absolute Gasteiger partial charge is 0.497 e. The van der Waals surface area contributed by atoms with Crippen LogP contribution < -0.4 is 15.4 Å². The lowest BCUT2D eigenvalue weighted by molar-refractivity contribution is -0.114. The van der Waals surface area contributed by atoms with Crippen LogP contribution in [0.15, 0.2) is 47.6 Å². The molecular formula is C20H23N5O4S. The third-order valence-electron chi connectivity index (χ3n) is 4.27. The van der Waals surface area contributed by atoms with E-state index in [1.165, 1.54) is 26.2 Å². The second kappa shape index (κ2) is 8.54. The van der Waals surface area contributed by atoms with E-state index < -0.39 is 9.84 Å². The topological polar surface area (TPSA) is 115 Å². The number of carbonyl (C=O) groups is 1. The van der Waals surface area contributed by atoms with Crippen molar-refractivity contribution in [1.82, 2.24) is 14.8 Å². The molecule has 158 valence electrons. The number of anilines is 3. The Morgan fingerprint density at radius 1 is 1.23 bits per heavy atom. The molecule has 0 aliphatic heterocycles. The van der Waals surface area contributed by atoms with Crippen LogP contribution in [-0.2, 0) is 21.2 Å². The molecule has 0 saturated heterocycles. The molecule has 3 rings (SSSR count). The lowest BCUT2D eigenvalue weighted by atomic mass is 10.1. The van der Waals surface area contributed by atoms with Gasteiger partial charge < -0.3 is 15.4 Å². The number of benzene rings is 1. The summed E-state index contributed by atoms with van der Waals surface area (Å²) in [5.74, 6) is 0.500. The quantitative estimate of drug-likeness (QED) is 0.593. The molecule has 2 aromatic heterocycles. The number of ether oxygens (including phenoxy) is 1. The normalized spacial score (nSPS) is 11.2. The molecule has 0 spiro atoms. The van der Waals surface area contributed by atoms with Gasteiger partial charge in [-0.2, -0.15) is 5.10 Å². The third-order valence-corrected chi connectivity index (χ3v) is 5.36. The number of methoxy groups -OCH3 is 1. The van der Waals surface area contributed by atoms with E-state index in [4.69, 9.17) is 4.74 Å². The first-order valence-corrected chi connectivity index (χ1v) is 11.1. The first kappa shape index (κ1) is 21.3. The number of carbonyl (C=O) groups excluding carboxylic acids is 1. The molecule has 0 saturated carbocycles. The zero-order valence-electron chi connectivity index (χ0n) is 17.1. The first-order chi connectivity index (χ1) is 14.2. The van der Waals surface area contributed by atoms with Gasteiger partial charge in [-0.15, -0.1) is 0 Å². The summed E-state index contributed by atoms with van der Waals surface area (Å²) in [6.07, 6.45) is 4.59. The maximum absolute atomic E-state index is 12.1. The molecule has 2 heterocycles. The number of nitrogens with zero attached hydrogens (tertiary/aromatic N) is 3. The van der Waals surface area contributed by atoms with Gasteiger partial charge in [0.05, 0.1) is 23.4 Å². The third kappa shape index (κ3) is 4.95. The molecule has 1 aromatic carbocycles. The second-order valence-electron chi connectivity index (χ2n) is 6.65. The lowest BCUT2D eigenvalue weighted by Crippen LogP contribution is -2.08. The van der Waals surface area contributed by atoms with Gasteiger partial charge in [-0.05, 0) is 25.1 Å². The summed E-state index contributed by atoms with van der Waals surface area (Å²) < 4.78 is 31.1. The molecule has 0 bridgehead atoms. The molecule has 1 amide bonds. The first-order valence-electron chi connectivity index (χ1n) is 9.17. The zero-order chi connectivity index (χ0) is 21.9. The summed E-state index contributed by atoms with van der Waals surface area (Å²) in [7, 11) is -1.97. The monoisotopic (exact) mass is 429 g/mol. The fraction of sp³-hybridized carbons (Fsp3) is 0.250. The van der Waals surface area contributed by atoms with Gasteiger partial charge in [-0.25, -0.2) is 13.4 Å². The molecule has 9 nitrogen and oxygen atoms in total. The van der Waals surface area contributed by atoms with Crippen molar-refractivity contribution in [2.45, 2.75) is 25.3 Å². The van der Waals surface area contributed by atoms with E-state index in [0.717, 1.165) is 6.26 Å². The molecule has 0 radical (unpaired) electrons.